The van der Waals surface area contributed by atoms with Crippen molar-refractivity contribution in [2.45, 2.75) is 38.6 Å². The molecule has 0 radical (unpaired) electrons. The number of amides is 1. The molecule has 0 aliphatic heterocycles. The second-order valence-corrected chi connectivity index (χ2v) is 6.65. The summed E-state index contributed by atoms with van der Waals surface area (Å²) in [7, 11) is 0. The highest BCUT2D eigenvalue weighted by Crippen LogP contribution is 2.35. The average molecular weight is 409 g/mol. The number of benzene rings is 2. The maximum atomic E-state index is 13.1. The van der Waals surface area contributed by atoms with Crippen LogP contribution in [-0.2, 0) is 27.9 Å². The van der Waals surface area contributed by atoms with Crippen molar-refractivity contribution in [2.75, 3.05) is 6.54 Å². The molecule has 0 aromatic heterocycles. The molecular formula is C21H22F3NO4. The SMILES string of the molecule is CCCN(C(=O)OCc1ccccc1)C(C)(C(=O)O)c1cccc(C(F)(F)F)c1. The van der Waals surface area contributed by atoms with Gasteiger partial charge in [-0.25, -0.2) is 9.59 Å². The molecule has 8 heteroatoms. The Kier molecular flexibility index (Phi) is 6.89. The van der Waals surface area contributed by atoms with E-state index in [-0.39, 0.29) is 18.7 Å². The van der Waals surface area contributed by atoms with Gasteiger partial charge >= 0.3 is 18.2 Å². The molecule has 29 heavy (non-hydrogen) atoms. The molecule has 2 aromatic rings. The van der Waals surface area contributed by atoms with Gasteiger partial charge in [0.1, 0.15) is 6.61 Å². The van der Waals surface area contributed by atoms with Crippen molar-refractivity contribution in [3.8, 4) is 0 Å². The summed E-state index contributed by atoms with van der Waals surface area (Å²) >= 11 is 0. The van der Waals surface area contributed by atoms with Crippen LogP contribution in [0, 0.1) is 0 Å². The van der Waals surface area contributed by atoms with Crippen molar-refractivity contribution in [1.29, 1.82) is 0 Å². The number of hydrogen-bond acceptors (Lipinski definition) is 3. The predicted octanol–water partition coefficient (Wildman–Crippen LogP) is 5.05. The van der Waals surface area contributed by atoms with E-state index in [0.717, 1.165) is 23.1 Å². The lowest BCUT2D eigenvalue weighted by Crippen LogP contribution is -2.53. The number of carboxylic acids is 1. The lowest BCUT2D eigenvalue weighted by Gasteiger charge is -2.37. The number of rotatable bonds is 7. The number of carboxylic acid groups (broad SMARTS) is 1. The summed E-state index contributed by atoms with van der Waals surface area (Å²) in [6.07, 6.45) is -5.17. The number of carbonyl (C=O) groups is 2. The van der Waals surface area contributed by atoms with Crippen LogP contribution in [0.25, 0.3) is 0 Å². The van der Waals surface area contributed by atoms with Crippen molar-refractivity contribution < 1.29 is 32.6 Å². The van der Waals surface area contributed by atoms with Crippen LogP contribution in [0.1, 0.15) is 37.0 Å². The first-order valence-electron chi connectivity index (χ1n) is 9.00. The molecule has 0 aliphatic rings. The van der Waals surface area contributed by atoms with Gasteiger partial charge in [-0.3, -0.25) is 4.90 Å². The first-order chi connectivity index (χ1) is 13.6. The zero-order chi connectivity index (χ0) is 21.7. The molecule has 0 saturated carbocycles. The Morgan fingerprint density at radius 3 is 2.21 bits per heavy atom. The number of ether oxygens (including phenoxy) is 1. The van der Waals surface area contributed by atoms with Gasteiger partial charge in [0, 0.05) is 6.54 Å². The largest absolute Gasteiger partial charge is 0.479 e. The van der Waals surface area contributed by atoms with E-state index in [1.807, 2.05) is 0 Å². The number of alkyl halides is 3. The maximum absolute atomic E-state index is 13.1. The molecule has 1 atom stereocenters. The molecule has 0 fully saturated rings. The molecule has 1 amide bonds. The van der Waals surface area contributed by atoms with Crippen LogP contribution in [-0.4, -0.2) is 28.6 Å². The Morgan fingerprint density at radius 2 is 1.66 bits per heavy atom. The van der Waals surface area contributed by atoms with E-state index in [2.05, 4.69) is 0 Å². The highest BCUT2D eigenvalue weighted by Gasteiger charge is 2.45. The van der Waals surface area contributed by atoms with Crippen LogP contribution in [0.2, 0.25) is 0 Å². The van der Waals surface area contributed by atoms with Gasteiger partial charge < -0.3 is 9.84 Å². The molecule has 0 bridgehead atoms. The van der Waals surface area contributed by atoms with Crippen LogP contribution in [0.4, 0.5) is 18.0 Å². The third-order valence-electron chi connectivity index (χ3n) is 4.58. The Balaban J connectivity index is 2.39. The molecule has 1 unspecified atom stereocenters. The van der Waals surface area contributed by atoms with Crippen LogP contribution in [0.3, 0.4) is 0 Å². The zero-order valence-electron chi connectivity index (χ0n) is 16.1. The molecule has 0 spiro atoms. The van der Waals surface area contributed by atoms with E-state index in [9.17, 15) is 27.9 Å². The van der Waals surface area contributed by atoms with E-state index in [4.69, 9.17) is 4.74 Å². The minimum atomic E-state index is -4.64. The van der Waals surface area contributed by atoms with E-state index in [1.165, 1.54) is 13.0 Å². The number of halogens is 3. The Morgan fingerprint density at radius 1 is 1.03 bits per heavy atom. The molecule has 5 nitrogen and oxygen atoms in total. The topological polar surface area (TPSA) is 66.8 Å². The molecule has 2 rings (SSSR count). The quantitative estimate of drug-likeness (QED) is 0.695. The first kappa shape index (κ1) is 22.3. The van der Waals surface area contributed by atoms with E-state index in [1.54, 1.807) is 37.3 Å². The smallest absolute Gasteiger partial charge is 0.416 e. The third kappa shape index (κ3) is 5.07. The summed E-state index contributed by atoms with van der Waals surface area (Å²) in [5.74, 6) is -1.46. The monoisotopic (exact) mass is 409 g/mol. The van der Waals surface area contributed by atoms with Crippen molar-refractivity contribution in [3.05, 3.63) is 71.3 Å². The van der Waals surface area contributed by atoms with Crippen molar-refractivity contribution in [1.82, 2.24) is 4.90 Å². The van der Waals surface area contributed by atoms with Crippen molar-refractivity contribution in [3.63, 3.8) is 0 Å². The second kappa shape index (κ2) is 8.98. The lowest BCUT2D eigenvalue weighted by atomic mass is 9.88. The van der Waals surface area contributed by atoms with E-state index >= 15 is 0 Å². The normalized spacial score (nSPS) is 13.4. The van der Waals surface area contributed by atoms with Gasteiger partial charge in [-0.05, 0) is 36.6 Å². The minimum Gasteiger partial charge on any atom is -0.479 e. The van der Waals surface area contributed by atoms with Crippen LogP contribution in [0.15, 0.2) is 54.6 Å². The van der Waals surface area contributed by atoms with Crippen LogP contribution < -0.4 is 0 Å². The standard InChI is InChI=1S/C21H22F3NO4/c1-3-12-25(19(28)29-14-15-8-5-4-6-9-15)20(2,18(26)27)16-10-7-11-17(13-16)21(22,23)24/h4-11,13H,3,12,14H2,1-2H3,(H,26,27). The minimum absolute atomic E-state index is 0.00727. The second-order valence-electron chi connectivity index (χ2n) is 6.65. The molecule has 0 saturated heterocycles. The Bertz CT molecular complexity index is 855. The Labute approximate surface area is 166 Å². The molecule has 0 heterocycles. The highest BCUT2D eigenvalue weighted by atomic mass is 19.4. The average Bonchev–Trinajstić information content (AvgIpc) is 2.69. The molecule has 0 aliphatic carbocycles. The Hall–Kier alpha value is -3.03. The summed E-state index contributed by atoms with van der Waals surface area (Å²) in [4.78, 5) is 25.8. The molecule has 2 aromatic carbocycles. The van der Waals surface area contributed by atoms with E-state index in [0.29, 0.717) is 12.0 Å². The van der Waals surface area contributed by atoms with Gasteiger partial charge in [-0.1, -0.05) is 49.4 Å². The van der Waals surface area contributed by atoms with Crippen molar-refractivity contribution >= 4 is 12.1 Å². The van der Waals surface area contributed by atoms with Crippen molar-refractivity contribution in [2.24, 2.45) is 0 Å². The number of nitrogens with zero attached hydrogens (tertiary/aromatic N) is 1. The fourth-order valence-electron chi connectivity index (χ4n) is 2.91. The molecule has 156 valence electrons. The van der Waals surface area contributed by atoms with E-state index < -0.39 is 29.3 Å². The lowest BCUT2D eigenvalue weighted by molar-refractivity contribution is -0.150. The highest BCUT2D eigenvalue weighted by molar-refractivity contribution is 5.85. The number of aliphatic carboxylic acids is 1. The number of carbonyl (C=O) groups excluding carboxylic acids is 1. The fraction of sp³-hybridized carbons (Fsp3) is 0.333. The van der Waals surface area contributed by atoms with Gasteiger partial charge in [0.2, 0.25) is 0 Å². The fourth-order valence-corrected chi connectivity index (χ4v) is 2.91. The molecular weight excluding hydrogens is 387 g/mol. The van der Waals surface area contributed by atoms with Gasteiger partial charge in [-0.15, -0.1) is 0 Å². The van der Waals surface area contributed by atoms with Gasteiger partial charge in [0.15, 0.2) is 5.54 Å². The zero-order valence-corrected chi connectivity index (χ0v) is 16.1. The summed E-state index contributed by atoms with van der Waals surface area (Å²) < 4.78 is 44.6. The molecule has 1 N–H and O–H groups in total. The summed E-state index contributed by atoms with van der Waals surface area (Å²) in [6.45, 7) is 2.83. The summed E-state index contributed by atoms with van der Waals surface area (Å²) in [6, 6.07) is 12.8. The predicted molar refractivity (Wildman–Crippen MR) is 100 cm³/mol. The summed E-state index contributed by atoms with van der Waals surface area (Å²) in [5.41, 5.74) is -2.49. The van der Waals surface area contributed by atoms with Gasteiger partial charge in [0.05, 0.1) is 5.56 Å². The third-order valence-corrected chi connectivity index (χ3v) is 4.58. The number of hydrogen-bond donors (Lipinski definition) is 1. The van der Waals surface area contributed by atoms with Crippen LogP contribution >= 0.6 is 0 Å². The van der Waals surface area contributed by atoms with Gasteiger partial charge in [0.25, 0.3) is 0 Å². The van der Waals surface area contributed by atoms with Crippen LogP contribution in [0.5, 0.6) is 0 Å². The van der Waals surface area contributed by atoms with Gasteiger partial charge in [-0.2, -0.15) is 13.2 Å². The summed E-state index contributed by atoms with van der Waals surface area (Å²) in [5, 5.41) is 9.88. The maximum Gasteiger partial charge on any atom is 0.416 e. The first-order valence-corrected chi connectivity index (χ1v) is 9.00.